The van der Waals surface area contributed by atoms with Crippen molar-refractivity contribution in [3.63, 3.8) is 0 Å². The van der Waals surface area contributed by atoms with Gasteiger partial charge in [0.2, 0.25) is 27.2 Å². The fourth-order valence-electron chi connectivity index (χ4n) is 21.4. The Labute approximate surface area is 723 Å². The maximum atomic E-state index is 5.64. The topological polar surface area (TPSA) is 192 Å². The fourth-order valence-corrected chi connectivity index (χ4v) is 21.4. The molecular weight excluding hydrogens is 1580 g/mol. The average molecular weight is 1680 g/mol. The minimum atomic E-state index is 0.312. The summed E-state index contributed by atoms with van der Waals surface area (Å²) in [5.74, 6) is 16.6. The summed E-state index contributed by atoms with van der Waals surface area (Å²) in [4.78, 5) is 12.8. The second-order valence-corrected chi connectivity index (χ2v) is 33.7. The van der Waals surface area contributed by atoms with Crippen molar-refractivity contribution >= 4 is 0 Å². The number of benzene rings is 10. The van der Waals surface area contributed by atoms with E-state index in [1.807, 2.05) is 24.3 Å². The Bertz CT molecular complexity index is 5780. The summed E-state index contributed by atoms with van der Waals surface area (Å²) >= 11 is 0. The zero-order chi connectivity index (χ0) is 84.5. The molecular formula is C100H107N5O19. The molecule has 0 spiro atoms. The molecule has 14 aliphatic heterocycles. The summed E-state index contributed by atoms with van der Waals surface area (Å²) in [6, 6.07) is 46.5. The first-order chi connectivity index (χ1) is 60.8. The molecule has 14 heterocycles. The molecule has 124 heavy (non-hydrogen) atoms. The highest BCUT2D eigenvalue weighted by atomic mass is 16.7. The van der Waals surface area contributed by atoms with Gasteiger partial charge in [0.25, 0.3) is 0 Å². The van der Waals surface area contributed by atoms with Crippen molar-refractivity contribution in [2.24, 2.45) is 0 Å². The quantitative estimate of drug-likeness (QED) is 0.119. The zero-order valence-corrected chi connectivity index (χ0v) is 72.5. The van der Waals surface area contributed by atoms with Crippen molar-refractivity contribution in [3.8, 4) is 109 Å². The number of hydrogen-bond acceptors (Lipinski definition) is 24. The second-order valence-electron chi connectivity index (χ2n) is 33.7. The van der Waals surface area contributed by atoms with E-state index in [1.54, 1.807) is 78.2 Å². The van der Waals surface area contributed by atoms with E-state index in [0.717, 1.165) is 239 Å². The first-order valence-electron chi connectivity index (χ1n) is 43.1. The molecule has 24 rings (SSSR count). The summed E-state index contributed by atoms with van der Waals surface area (Å²) in [7, 11) is 18.8. The minimum Gasteiger partial charge on any atom is -0.497 e. The van der Waals surface area contributed by atoms with Crippen LogP contribution in [0.5, 0.6) is 109 Å². The first-order valence-corrected chi connectivity index (χ1v) is 43.1. The van der Waals surface area contributed by atoms with E-state index < -0.39 is 0 Å². The largest absolute Gasteiger partial charge is 0.497 e. The van der Waals surface area contributed by atoms with Crippen LogP contribution in [0.15, 0.2) is 127 Å². The van der Waals surface area contributed by atoms with Gasteiger partial charge in [0.15, 0.2) is 80.5 Å². The van der Waals surface area contributed by atoms with Crippen molar-refractivity contribution in [2.75, 3.05) is 138 Å². The number of ether oxygens (including phenoxy) is 19. The lowest BCUT2D eigenvalue weighted by Gasteiger charge is -2.42. The van der Waals surface area contributed by atoms with Crippen LogP contribution in [0.25, 0.3) is 0 Å². The SMILES string of the molecule is COc1cc2c(cc1OC)[C@@H]1Cc3c(OC)ccc(OC)c3CN1CC2.COc1cc2c(cc1OC)[C@@H]1Cc3cc4c(cc3CN1CC2)OCO4.COc1ccc(OC)c2c1C[C@H]1c3cc4c(cc3CCN1C2)OCO4.COc1ccc2c(c1)CCN1Cc3cc(OC)c(OC)cc3C[C@@H]21.c1c2c(cc3c1OCO3)CN1CCc3cc4c(cc3[C@@H]1C2)OCO4. The molecule has 5 atom stereocenters. The number of methoxy groups -OCH3 is 11. The van der Waals surface area contributed by atoms with E-state index in [1.165, 1.54) is 111 Å². The maximum Gasteiger partial charge on any atom is 0.231 e. The maximum absolute atomic E-state index is 5.64. The van der Waals surface area contributed by atoms with Gasteiger partial charge in [-0.25, -0.2) is 0 Å². The highest BCUT2D eigenvalue weighted by Gasteiger charge is 2.42. The van der Waals surface area contributed by atoms with Gasteiger partial charge >= 0.3 is 0 Å². The van der Waals surface area contributed by atoms with Gasteiger partial charge in [-0.1, -0.05) is 6.07 Å². The summed E-state index contributed by atoms with van der Waals surface area (Å²) < 4.78 is 105. The van der Waals surface area contributed by atoms with E-state index in [-0.39, 0.29) is 0 Å². The first kappa shape index (κ1) is 80.6. The molecule has 0 amide bonds. The molecule has 10 aromatic rings. The van der Waals surface area contributed by atoms with Crippen molar-refractivity contribution in [3.05, 3.63) is 239 Å². The molecule has 646 valence electrons. The summed E-state index contributed by atoms with van der Waals surface area (Å²) in [5.41, 5.74) is 26.9. The van der Waals surface area contributed by atoms with Crippen LogP contribution in [0.3, 0.4) is 0 Å². The van der Waals surface area contributed by atoms with Crippen LogP contribution >= 0.6 is 0 Å². The highest BCUT2D eigenvalue weighted by Crippen LogP contribution is 2.53. The third kappa shape index (κ3) is 14.8. The number of fused-ring (bicyclic) bond motifs is 24. The molecule has 0 aliphatic carbocycles. The molecule has 0 saturated carbocycles. The Kier molecular flexibility index (Phi) is 22.1. The van der Waals surface area contributed by atoms with Gasteiger partial charge in [0, 0.05) is 118 Å². The zero-order valence-electron chi connectivity index (χ0n) is 72.5. The van der Waals surface area contributed by atoms with Crippen molar-refractivity contribution < 1.29 is 90.0 Å². The van der Waals surface area contributed by atoms with Gasteiger partial charge < -0.3 is 90.0 Å². The molecule has 0 N–H and O–H groups in total. The predicted octanol–water partition coefficient (Wildman–Crippen LogP) is 15.7. The number of nitrogens with zero attached hydrogens (tertiary/aromatic N) is 5. The van der Waals surface area contributed by atoms with Gasteiger partial charge in [-0.05, 0) is 275 Å². The molecule has 14 aliphatic rings. The lowest BCUT2D eigenvalue weighted by Crippen LogP contribution is -2.39. The van der Waals surface area contributed by atoms with E-state index in [4.69, 9.17) is 90.0 Å². The predicted molar refractivity (Wildman–Crippen MR) is 464 cm³/mol. The summed E-state index contributed by atoms with van der Waals surface area (Å²) in [6.07, 6.45) is 10.0. The van der Waals surface area contributed by atoms with Crippen LogP contribution in [0.4, 0.5) is 0 Å². The van der Waals surface area contributed by atoms with Gasteiger partial charge in [0.05, 0.1) is 78.2 Å². The van der Waals surface area contributed by atoms with E-state index >= 15 is 0 Å². The Morgan fingerprint density at radius 2 is 0.460 bits per heavy atom. The van der Waals surface area contributed by atoms with Gasteiger partial charge in [-0.15, -0.1) is 0 Å². The van der Waals surface area contributed by atoms with Gasteiger partial charge in [-0.2, -0.15) is 0 Å². The van der Waals surface area contributed by atoms with Gasteiger partial charge in [-0.3, -0.25) is 24.5 Å². The Morgan fingerprint density at radius 1 is 0.210 bits per heavy atom. The molecule has 0 aromatic heterocycles. The van der Waals surface area contributed by atoms with Crippen LogP contribution in [-0.2, 0) is 96.9 Å². The second kappa shape index (κ2) is 34.0. The summed E-state index contributed by atoms with van der Waals surface area (Å²) in [5, 5.41) is 0. The van der Waals surface area contributed by atoms with Crippen LogP contribution in [0.1, 0.15) is 141 Å². The smallest absolute Gasteiger partial charge is 0.231 e. The van der Waals surface area contributed by atoms with Gasteiger partial charge in [0.1, 0.15) is 28.7 Å². The molecule has 0 fully saturated rings. The Balaban J connectivity index is 0.0000000982. The molecule has 0 bridgehead atoms. The molecule has 10 aromatic carbocycles. The third-order valence-electron chi connectivity index (χ3n) is 27.8. The van der Waals surface area contributed by atoms with Crippen LogP contribution in [-0.4, -0.2) is 163 Å². The van der Waals surface area contributed by atoms with Crippen LogP contribution in [0, 0.1) is 0 Å². The van der Waals surface area contributed by atoms with E-state index in [0.29, 0.717) is 57.4 Å². The summed E-state index contributed by atoms with van der Waals surface area (Å²) in [6.45, 7) is 11.2. The molecule has 0 radical (unpaired) electrons. The minimum absolute atomic E-state index is 0.312. The van der Waals surface area contributed by atoms with Crippen molar-refractivity contribution in [1.29, 1.82) is 0 Å². The average Bonchev–Trinajstić information content (AvgIpc) is 1.05. The fraction of sp³-hybridized carbons (Fsp3) is 0.400. The molecule has 24 heteroatoms. The Morgan fingerprint density at radius 3 is 0.815 bits per heavy atom. The molecule has 0 unspecified atom stereocenters. The molecule has 24 nitrogen and oxygen atoms in total. The monoisotopic (exact) mass is 1680 g/mol. The molecule has 0 saturated heterocycles. The third-order valence-corrected chi connectivity index (χ3v) is 27.8. The lowest BCUT2D eigenvalue weighted by atomic mass is 9.83. The normalized spacial score (nSPS) is 20.2. The van der Waals surface area contributed by atoms with Crippen LogP contribution < -0.4 is 90.0 Å². The van der Waals surface area contributed by atoms with E-state index in [2.05, 4.69) is 128 Å². The van der Waals surface area contributed by atoms with E-state index in [9.17, 15) is 0 Å². The standard InChI is InChI=1S/C21H25NO4.2C20H21NO4.C20H23NO3.C19H17NO4/c1-23-18-5-6-19(24-2)16-12-22-8-7-13-9-20(25-3)21(26-4)11-14(13)17(22)10-15(16)18;1-22-17-6-12-3-4-21-10-14-8-20-19(24-11-25-20)7-13(14)5-16(21)15(12)9-18(17)23-2;1-22-17-3-4-18(23-2)15-10-21-6-5-12-7-19-20(25-11-24-19)9-13(12)16(21)8-14(15)17;1-22-16-4-5-17-13(8-16)6-7-21-12-15-11-20(24-3)19(23-2)10-14(15)9-18(17)21;1-2-20-8-13-6-18-17(22-9-23-18)5-12(13)3-15(20)14-7-19-16(4-11(1)14)21-10-24-19/h5-6,9,11,17H,7-8,10,12H2,1-4H3;6-9,16H,3-5,10-11H2,1-2H3;3-4,7,9,16H,5-6,8,10-11H2,1-2H3;4-5,8,10-11,18H,6-7,9,12H2,1-3H3;4-7,15H,1-3,8-10H2/t17-;2*16-;18-;15-/m00000/s1. The highest BCUT2D eigenvalue weighted by molar-refractivity contribution is 5.61. The van der Waals surface area contributed by atoms with Crippen LogP contribution in [0.2, 0.25) is 0 Å². The number of hydrogen-bond donors (Lipinski definition) is 0. The van der Waals surface area contributed by atoms with Crippen molar-refractivity contribution in [1.82, 2.24) is 24.5 Å². The number of rotatable bonds is 11. The Hall–Kier alpha value is -11.8. The lowest BCUT2D eigenvalue weighted by molar-refractivity contribution is 0.156. The van der Waals surface area contributed by atoms with Crippen molar-refractivity contribution in [2.45, 2.75) is 127 Å².